The fourth-order valence-electron chi connectivity index (χ4n) is 2.96. The van der Waals surface area contributed by atoms with E-state index in [1.54, 1.807) is 18.3 Å². The number of hydrogen-bond acceptors (Lipinski definition) is 4. The van der Waals surface area contributed by atoms with E-state index in [-0.39, 0.29) is 11.7 Å². The fourth-order valence-corrected chi connectivity index (χ4v) is 2.96. The third-order valence-corrected chi connectivity index (χ3v) is 4.78. The molecule has 6 heteroatoms. The number of nitrogens with one attached hydrogen (secondary N) is 1. The van der Waals surface area contributed by atoms with Gasteiger partial charge in [0, 0.05) is 44.1 Å². The molecule has 26 heavy (non-hydrogen) atoms. The number of hydrogen-bond donors (Lipinski definition) is 1. The fraction of sp³-hybridized carbons (Fsp3) is 0.400. The van der Waals surface area contributed by atoms with Crippen LogP contribution in [0.4, 0.5) is 15.9 Å². The molecule has 138 valence electrons. The molecule has 1 saturated heterocycles. The second-order valence-electron chi connectivity index (χ2n) is 6.64. The Balaban J connectivity index is 1.57. The maximum absolute atomic E-state index is 13.0. The first kappa shape index (κ1) is 18.2. The van der Waals surface area contributed by atoms with E-state index >= 15 is 0 Å². The molecule has 1 aromatic carbocycles. The first-order chi connectivity index (χ1) is 12.6. The van der Waals surface area contributed by atoms with Crippen molar-refractivity contribution in [1.82, 2.24) is 9.88 Å². The van der Waals surface area contributed by atoms with Crippen LogP contribution in [0.2, 0.25) is 0 Å². The van der Waals surface area contributed by atoms with Gasteiger partial charge < -0.3 is 15.1 Å². The van der Waals surface area contributed by atoms with Crippen LogP contribution in [-0.2, 0) is 0 Å². The molecular formula is C20H25FN4O. The van der Waals surface area contributed by atoms with Crippen molar-refractivity contribution < 1.29 is 9.18 Å². The number of rotatable bonds is 5. The Morgan fingerprint density at radius 1 is 1.15 bits per heavy atom. The molecule has 0 spiro atoms. The number of halogens is 1. The van der Waals surface area contributed by atoms with Gasteiger partial charge in [0.1, 0.15) is 11.6 Å². The Bertz CT molecular complexity index is 724. The zero-order valence-corrected chi connectivity index (χ0v) is 15.3. The molecule has 1 atom stereocenters. The Hall–Kier alpha value is -2.63. The maximum Gasteiger partial charge on any atom is 0.255 e. The van der Waals surface area contributed by atoms with Crippen LogP contribution in [0, 0.1) is 5.82 Å². The number of aromatic nitrogens is 1. The van der Waals surface area contributed by atoms with Crippen molar-refractivity contribution in [3.8, 4) is 0 Å². The lowest BCUT2D eigenvalue weighted by atomic mass is 10.2. The smallest absolute Gasteiger partial charge is 0.255 e. The van der Waals surface area contributed by atoms with E-state index in [0.29, 0.717) is 24.7 Å². The predicted molar refractivity (Wildman–Crippen MR) is 102 cm³/mol. The number of benzene rings is 1. The van der Waals surface area contributed by atoms with Crippen LogP contribution in [0.1, 0.15) is 30.6 Å². The van der Waals surface area contributed by atoms with Gasteiger partial charge in [0.2, 0.25) is 0 Å². The number of piperazine rings is 1. The molecule has 0 bridgehead atoms. The van der Waals surface area contributed by atoms with Crippen molar-refractivity contribution >= 4 is 17.4 Å². The normalized spacial score (nSPS) is 15.7. The van der Waals surface area contributed by atoms with Crippen molar-refractivity contribution in [3.63, 3.8) is 0 Å². The Labute approximate surface area is 153 Å². The highest BCUT2D eigenvalue weighted by Gasteiger charge is 2.22. The SMILES string of the molecule is CCC(C)Nc1ccc(C(=O)N2CCN(c3ccc(F)cc3)CC2)cn1. The van der Waals surface area contributed by atoms with Crippen LogP contribution in [-0.4, -0.2) is 48.0 Å². The van der Waals surface area contributed by atoms with E-state index in [0.717, 1.165) is 31.0 Å². The third-order valence-electron chi connectivity index (χ3n) is 4.78. The van der Waals surface area contributed by atoms with Crippen molar-refractivity contribution in [2.45, 2.75) is 26.3 Å². The van der Waals surface area contributed by atoms with Crippen molar-refractivity contribution in [2.75, 3.05) is 36.4 Å². The molecule has 1 aromatic heterocycles. The lowest BCUT2D eigenvalue weighted by Crippen LogP contribution is -2.48. The van der Waals surface area contributed by atoms with Gasteiger partial charge in [0.25, 0.3) is 5.91 Å². The van der Waals surface area contributed by atoms with E-state index in [1.165, 1.54) is 12.1 Å². The van der Waals surface area contributed by atoms with Gasteiger partial charge in [-0.15, -0.1) is 0 Å². The largest absolute Gasteiger partial charge is 0.368 e. The van der Waals surface area contributed by atoms with E-state index < -0.39 is 0 Å². The summed E-state index contributed by atoms with van der Waals surface area (Å²) in [5.41, 5.74) is 1.59. The van der Waals surface area contributed by atoms with Crippen LogP contribution in [0.3, 0.4) is 0 Å². The molecule has 2 heterocycles. The molecule has 1 aliphatic heterocycles. The van der Waals surface area contributed by atoms with Gasteiger partial charge in [0.15, 0.2) is 0 Å². The van der Waals surface area contributed by atoms with E-state index in [2.05, 4.69) is 29.0 Å². The molecule has 0 radical (unpaired) electrons. The lowest BCUT2D eigenvalue weighted by Gasteiger charge is -2.36. The standard InChI is InChI=1S/C20H25FN4O/c1-3-15(2)23-19-9-4-16(14-22-19)20(26)25-12-10-24(11-13-25)18-7-5-17(21)6-8-18/h4-9,14-15H,3,10-13H2,1-2H3,(H,22,23). The van der Waals surface area contributed by atoms with Gasteiger partial charge in [0.05, 0.1) is 5.56 Å². The zero-order chi connectivity index (χ0) is 18.5. The molecule has 1 fully saturated rings. The molecule has 1 unspecified atom stereocenters. The first-order valence-electron chi connectivity index (χ1n) is 9.09. The number of nitrogens with zero attached hydrogens (tertiary/aromatic N) is 3. The summed E-state index contributed by atoms with van der Waals surface area (Å²) in [6.45, 7) is 6.96. The third kappa shape index (κ3) is 4.31. The van der Waals surface area contributed by atoms with E-state index in [9.17, 15) is 9.18 Å². The van der Waals surface area contributed by atoms with Crippen LogP contribution in [0.25, 0.3) is 0 Å². The van der Waals surface area contributed by atoms with E-state index in [1.807, 2.05) is 17.0 Å². The number of pyridine rings is 1. The van der Waals surface area contributed by atoms with Crippen LogP contribution in [0.15, 0.2) is 42.6 Å². The molecule has 5 nitrogen and oxygen atoms in total. The highest BCUT2D eigenvalue weighted by atomic mass is 19.1. The Morgan fingerprint density at radius 2 is 1.85 bits per heavy atom. The van der Waals surface area contributed by atoms with Gasteiger partial charge in [-0.2, -0.15) is 0 Å². The topological polar surface area (TPSA) is 48.5 Å². The van der Waals surface area contributed by atoms with Gasteiger partial charge in [-0.1, -0.05) is 6.92 Å². The monoisotopic (exact) mass is 356 g/mol. The Morgan fingerprint density at radius 3 is 2.42 bits per heavy atom. The summed E-state index contributed by atoms with van der Waals surface area (Å²) in [5.74, 6) is 0.560. The van der Waals surface area contributed by atoms with Gasteiger partial charge in [-0.05, 0) is 49.7 Å². The van der Waals surface area contributed by atoms with Crippen molar-refractivity contribution in [2.24, 2.45) is 0 Å². The summed E-state index contributed by atoms with van der Waals surface area (Å²) >= 11 is 0. The second-order valence-corrected chi connectivity index (χ2v) is 6.64. The second kappa shape index (κ2) is 8.17. The van der Waals surface area contributed by atoms with Gasteiger partial charge in [-0.3, -0.25) is 4.79 Å². The van der Waals surface area contributed by atoms with Gasteiger partial charge >= 0.3 is 0 Å². The summed E-state index contributed by atoms with van der Waals surface area (Å²) in [6, 6.07) is 10.5. The zero-order valence-electron chi connectivity index (χ0n) is 15.3. The average Bonchev–Trinajstić information content (AvgIpc) is 2.68. The molecule has 0 aliphatic carbocycles. The molecule has 1 N–H and O–H groups in total. The average molecular weight is 356 g/mol. The summed E-state index contributed by atoms with van der Waals surface area (Å²) < 4.78 is 13.0. The minimum Gasteiger partial charge on any atom is -0.368 e. The summed E-state index contributed by atoms with van der Waals surface area (Å²) in [6.07, 6.45) is 2.65. The predicted octanol–water partition coefficient (Wildman–Crippen LogP) is 3.39. The molecule has 1 amide bonds. The summed E-state index contributed by atoms with van der Waals surface area (Å²) in [5, 5.41) is 3.30. The van der Waals surface area contributed by atoms with Crippen LogP contribution < -0.4 is 10.2 Å². The van der Waals surface area contributed by atoms with Crippen molar-refractivity contribution in [3.05, 3.63) is 54.0 Å². The molecule has 0 saturated carbocycles. The summed E-state index contributed by atoms with van der Waals surface area (Å²) in [7, 11) is 0. The molecular weight excluding hydrogens is 331 g/mol. The highest BCUT2D eigenvalue weighted by molar-refractivity contribution is 5.94. The van der Waals surface area contributed by atoms with Crippen molar-refractivity contribution in [1.29, 1.82) is 0 Å². The number of amides is 1. The number of carbonyl (C=O) groups excluding carboxylic acids is 1. The number of carbonyl (C=O) groups is 1. The Kier molecular flexibility index (Phi) is 5.71. The van der Waals surface area contributed by atoms with Gasteiger partial charge in [-0.25, -0.2) is 9.37 Å². The van der Waals surface area contributed by atoms with Crippen LogP contribution in [0.5, 0.6) is 0 Å². The van der Waals surface area contributed by atoms with Crippen LogP contribution >= 0.6 is 0 Å². The number of anilines is 2. The minimum atomic E-state index is -0.235. The highest BCUT2D eigenvalue weighted by Crippen LogP contribution is 2.18. The maximum atomic E-state index is 13.0. The lowest BCUT2D eigenvalue weighted by molar-refractivity contribution is 0.0746. The van der Waals surface area contributed by atoms with E-state index in [4.69, 9.17) is 0 Å². The minimum absolute atomic E-state index is 0.00588. The summed E-state index contributed by atoms with van der Waals surface area (Å²) in [4.78, 5) is 21.0. The first-order valence-corrected chi connectivity index (χ1v) is 9.09. The molecule has 3 rings (SSSR count). The quantitative estimate of drug-likeness (QED) is 0.892. The molecule has 1 aliphatic rings. The molecule has 2 aromatic rings.